The lowest BCUT2D eigenvalue weighted by molar-refractivity contribution is 0.00274. The maximum Gasteiger partial charge on any atom is 0.256 e. The Morgan fingerprint density at radius 2 is 2.00 bits per heavy atom. The molecule has 0 saturated carbocycles. The van der Waals surface area contributed by atoms with Gasteiger partial charge in [-0.2, -0.15) is 12.6 Å². The van der Waals surface area contributed by atoms with E-state index in [-0.39, 0.29) is 36.8 Å². The van der Waals surface area contributed by atoms with Gasteiger partial charge < -0.3 is 20.7 Å². The highest BCUT2D eigenvalue weighted by Crippen LogP contribution is 2.29. The van der Waals surface area contributed by atoms with Crippen LogP contribution >= 0.6 is 37.4 Å². The van der Waals surface area contributed by atoms with Crippen LogP contribution in [0, 0.1) is 0 Å². The fourth-order valence-corrected chi connectivity index (χ4v) is 4.18. The van der Waals surface area contributed by atoms with E-state index < -0.39 is 5.66 Å². The van der Waals surface area contributed by atoms with Crippen molar-refractivity contribution < 1.29 is 9.53 Å². The molecule has 5 nitrogen and oxygen atoms in total. The lowest BCUT2D eigenvalue weighted by Crippen LogP contribution is -2.73. The summed E-state index contributed by atoms with van der Waals surface area (Å²) in [6.07, 6.45) is 2.41. The zero-order valence-electron chi connectivity index (χ0n) is 16.7. The smallest absolute Gasteiger partial charge is 0.256 e. The molecular formula is C21H31Cl2N3O2S. The fraction of sp³-hybridized carbons (Fsp3) is 0.476. The number of benzene rings is 2. The summed E-state index contributed by atoms with van der Waals surface area (Å²) in [6.45, 7) is 1.83. The fourth-order valence-electron chi connectivity index (χ4n) is 3.99. The van der Waals surface area contributed by atoms with Gasteiger partial charge in [0, 0.05) is 44.8 Å². The van der Waals surface area contributed by atoms with Gasteiger partial charge >= 0.3 is 0 Å². The van der Waals surface area contributed by atoms with Crippen LogP contribution in [0.25, 0.3) is 10.8 Å². The van der Waals surface area contributed by atoms with Gasteiger partial charge in [-0.15, -0.1) is 24.8 Å². The van der Waals surface area contributed by atoms with E-state index in [1.807, 2.05) is 47.4 Å². The summed E-state index contributed by atoms with van der Waals surface area (Å²) in [6, 6.07) is 13.9. The maximum absolute atomic E-state index is 13.6. The highest BCUT2D eigenvalue weighted by atomic mass is 35.5. The number of fused-ring (bicyclic) bond motifs is 1. The summed E-state index contributed by atoms with van der Waals surface area (Å²) >= 11 is 4.33. The number of thiol groups is 1. The van der Waals surface area contributed by atoms with E-state index in [4.69, 9.17) is 10.5 Å². The SMILES string of the molecule is COCC[C@@]1(N)C(CCCS)NCCN1C(=O)c1cccc2ccccc12.Cl.Cl. The van der Waals surface area contributed by atoms with Crippen molar-refractivity contribution in [2.75, 3.05) is 32.6 Å². The number of carbonyl (C=O) groups excluding carboxylic acids is 1. The predicted molar refractivity (Wildman–Crippen MR) is 128 cm³/mol. The van der Waals surface area contributed by atoms with Crippen LogP contribution in [0.3, 0.4) is 0 Å². The third-order valence-electron chi connectivity index (χ3n) is 5.45. The van der Waals surface area contributed by atoms with Crippen LogP contribution in [0.4, 0.5) is 0 Å². The van der Waals surface area contributed by atoms with Crippen LogP contribution in [-0.2, 0) is 4.74 Å². The largest absolute Gasteiger partial charge is 0.385 e. The summed E-state index contributed by atoms with van der Waals surface area (Å²) < 4.78 is 5.31. The molecule has 3 N–H and O–H groups in total. The Labute approximate surface area is 191 Å². The third kappa shape index (κ3) is 5.57. The Hall–Kier alpha value is -1.02. The number of carbonyl (C=O) groups is 1. The average Bonchev–Trinajstić information content (AvgIpc) is 2.70. The van der Waals surface area contributed by atoms with Crippen molar-refractivity contribution in [2.45, 2.75) is 31.0 Å². The first-order valence-electron chi connectivity index (χ1n) is 9.53. The van der Waals surface area contributed by atoms with Crippen LogP contribution < -0.4 is 11.1 Å². The Morgan fingerprint density at radius 3 is 2.72 bits per heavy atom. The number of hydrogen-bond donors (Lipinski definition) is 3. The van der Waals surface area contributed by atoms with Crippen LogP contribution in [0.2, 0.25) is 0 Å². The summed E-state index contributed by atoms with van der Waals surface area (Å²) in [5.74, 6) is 0.790. The molecule has 1 saturated heterocycles. The summed E-state index contributed by atoms with van der Waals surface area (Å²) in [7, 11) is 1.67. The number of hydrogen-bond acceptors (Lipinski definition) is 5. The van der Waals surface area contributed by atoms with Crippen molar-refractivity contribution in [3.63, 3.8) is 0 Å². The van der Waals surface area contributed by atoms with Crippen molar-refractivity contribution >= 4 is 54.1 Å². The molecule has 0 aliphatic carbocycles. The summed E-state index contributed by atoms with van der Waals surface area (Å²) in [5.41, 5.74) is 6.81. The Balaban J connectivity index is 0.00000210. The second kappa shape index (κ2) is 12.0. The molecule has 3 rings (SSSR count). The van der Waals surface area contributed by atoms with Gasteiger partial charge in [0.15, 0.2) is 0 Å². The van der Waals surface area contributed by atoms with Crippen molar-refractivity contribution in [2.24, 2.45) is 5.73 Å². The quantitative estimate of drug-likeness (QED) is 0.554. The first-order valence-corrected chi connectivity index (χ1v) is 10.2. The van der Waals surface area contributed by atoms with Crippen LogP contribution in [-0.4, -0.2) is 55.1 Å². The minimum atomic E-state index is -0.786. The molecule has 2 aromatic carbocycles. The second-order valence-electron chi connectivity index (χ2n) is 7.09. The molecule has 1 aliphatic rings. The number of methoxy groups -OCH3 is 1. The van der Waals surface area contributed by atoms with Crippen molar-refractivity contribution in [1.29, 1.82) is 0 Å². The van der Waals surface area contributed by atoms with E-state index in [1.165, 1.54) is 0 Å². The summed E-state index contributed by atoms with van der Waals surface area (Å²) in [5, 5.41) is 5.54. The molecule has 1 fully saturated rings. The van der Waals surface area contributed by atoms with E-state index in [0.717, 1.165) is 35.9 Å². The number of ether oxygens (including phenoxy) is 1. The molecule has 2 atom stereocenters. The molecule has 29 heavy (non-hydrogen) atoms. The van der Waals surface area contributed by atoms with E-state index in [9.17, 15) is 4.79 Å². The first kappa shape index (κ1) is 26.0. The Kier molecular flexibility index (Phi) is 10.8. The molecule has 162 valence electrons. The highest BCUT2D eigenvalue weighted by Gasteiger charge is 2.45. The van der Waals surface area contributed by atoms with Gasteiger partial charge in [-0.25, -0.2) is 0 Å². The zero-order valence-corrected chi connectivity index (χ0v) is 19.2. The van der Waals surface area contributed by atoms with Crippen molar-refractivity contribution in [3.8, 4) is 0 Å². The lowest BCUT2D eigenvalue weighted by Gasteiger charge is -2.50. The molecule has 1 amide bonds. The van der Waals surface area contributed by atoms with E-state index in [1.54, 1.807) is 7.11 Å². The molecule has 1 heterocycles. The highest BCUT2D eigenvalue weighted by molar-refractivity contribution is 7.80. The number of nitrogens with two attached hydrogens (primary N) is 1. The first-order chi connectivity index (χ1) is 13.1. The van der Waals surface area contributed by atoms with Crippen LogP contribution in [0.5, 0.6) is 0 Å². The molecule has 0 radical (unpaired) electrons. The summed E-state index contributed by atoms with van der Waals surface area (Å²) in [4.78, 5) is 15.4. The Morgan fingerprint density at radius 1 is 1.28 bits per heavy atom. The number of nitrogens with one attached hydrogen (secondary N) is 1. The van der Waals surface area contributed by atoms with Crippen molar-refractivity contribution in [3.05, 3.63) is 48.0 Å². The van der Waals surface area contributed by atoms with E-state index in [2.05, 4.69) is 17.9 Å². The van der Waals surface area contributed by atoms with Crippen LogP contribution in [0.1, 0.15) is 29.6 Å². The van der Waals surface area contributed by atoms with Gasteiger partial charge in [-0.3, -0.25) is 4.79 Å². The molecule has 8 heteroatoms. The molecule has 0 aromatic heterocycles. The van der Waals surface area contributed by atoms with E-state index in [0.29, 0.717) is 25.1 Å². The number of rotatable bonds is 7. The lowest BCUT2D eigenvalue weighted by atomic mass is 9.88. The topological polar surface area (TPSA) is 67.6 Å². The van der Waals surface area contributed by atoms with Crippen LogP contribution in [0.15, 0.2) is 42.5 Å². The molecular weight excluding hydrogens is 429 g/mol. The number of halogens is 2. The number of amides is 1. The molecule has 0 spiro atoms. The Bertz CT molecular complexity index is 790. The molecule has 0 bridgehead atoms. The van der Waals surface area contributed by atoms with Gasteiger partial charge in [-0.1, -0.05) is 36.4 Å². The third-order valence-corrected chi connectivity index (χ3v) is 5.77. The minimum absolute atomic E-state index is 0. The normalized spacial score (nSPS) is 21.3. The predicted octanol–water partition coefficient (Wildman–Crippen LogP) is 3.50. The number of nitrogens with zero attached hydrogens (tertiary/aromatic N) is 1. The minimum Gasteiger partial charge on any atom is -0.385 e. The van der Waals surface area contributed by atoms with Gasteiger partial charge in [0.25, 0.3) is 5.91 Å². The van der Waals surface area contributed by atoms with Crippen molar-refractivity contribution in [1.82, 2.24) is 10.2 Å². The average molecular weight is 460 g/mol. The van der Waals surface area contributed by atoms with Gasteiger partial charge in [0.05, 0.1) is 0 Å². The molecule has 1 aliphatic heterocycles. The van der Waals surface area contributed by atoms with Gasteiger partial charge in [0.1, 0.15) is 5.66 Å². The van der Waals surface area contributed by atoms with Gasteiger partial charge in [0.2, 0.25) is 0 Å². The van der Waals surface area contributed by atoms with E-state index >= 15 is 0 Å². The number of piperazine rings is 1. The molecule has 1 unspecified atom stereocenters. The monoisotopic (exact) mass is 459 g/mol. The maximum atomic E-state index is 13.6. The second-order valence-corrected chi connectivity index (χ2v) is 7.54. The zero-order chi connectivity index (χ0) is 19.3. The standard InChI is InChI=1S/C21H29N3O2S.2ClH/c1-26-14-11-21(22)19(10-5-15-27)23-12-13-24(21)20(25)18-9-4-7-16-6-2-3-8-17(16)18;;/h2-4,6-9,19,23,27H,5,10-15,22H2,1H3;2*1H/t19?,21-;;/m0../s1. The van der Waals surface area contributed by atoms with Gasteiger partial charge in [-0.05, 0) is 35.4 Å². The molecule has 2 aromatic rings.